The quantitative estimate of drug-likeness (QED) is 0.477. The van der Waals surface area contributed by atoms with E-state index in [1.165, 1.54) is 29.7 Å². The SMILES string of the molecule is Cl.O=C(NO)[C@H]1CNCCN1S(=O)(=O)c1ccc(Oc2ccc(Cl)cc2)cc1. The smallest absolute Gasteiger partial charge is 0.263 e. The first-order valence-corrected chi connectivity index (χ1v) is 9.93. The van der Waals surface area contributed by atoms with E-state index >= 15 is 0 Å². The average Bonchev–Trinajstić information content (AvgIpc) is 2.69. The van der Waals surface area contributed by atoms with Crippen LogP contribution in [0.1, 0.15) is 0 Å². The molecule has 28 heavy (non-hydrogen) atoms. The van der Waals surface area contributed by atoms with E-state index in [-0.39, 0.29) is 30.4 Å². The lowest BCUT2D eigenvalue weighted by Gasteiger charge is -2.33. The first-order chi connectivity index (χ1) is 12.9. The van der Waals surface area contributed by atoms with Crippen LogP contribution in [-0.2, 0) is 14.8 Å². The number of hydrogen-bond donors (Lipinski definition) is 3. The lowest BCUT2D eigenvalue weighted by atomic mass is 10.2. The van der Waals surface area contributed by atoms with Crippen LogP contribution in [0, 0.1) is 0 Å². The molecular weight excluding hydrogens is 429 g/mol. The zero-order chi connectivity index (χ0) is 19.4. The molecule has 1 aliphatic rings. The van der Waals surface area contributed by atoms with Gasteiger partial charge in [0.1, 0.15) is 17.5 Å². The lowest BCUT2D eigenvalue weighted by Crippen LogP contribution is -2.59. The van der Waals surface area contributed by atoms with E-state index < -0.39 is 22.0 Å². The Labute approximate surface area is 173 Å². The van der Waals surface area contributed by atoms with E-state index in [1.807, 2.05) is 0 Å². The highest BCUT2D eigenvalue weighted by molar-refractivity contribution is 7.89. The Bertz CT molecular complexity index is 907. The maximum atomic E-state index is 12.9. The van der Waals surface area contributed by atoms with Crippen molar-refractivity contribution in [1.29, 1.82) is 0 Å². The highest BCUT2D eigenvalue weighted by Crippen LogP contribution is 2.26. The molecule has 1 saturated heterocycles. The summed E-state index contributed by atoms with van der Waals surface area (Å²) in [4.78, 5) is 11.8. The van der Waals surface area contributed by atoms with Crippen molar-refractivity contribution in [1.82, 2.24) is 15.1 Å². The standard InChI is InChI=1S/C17H18ClN3O5S.ClH/c18-12-1-3-13(4-2-12)26-14-5-7-15(8-6-14)27(24,25)21-10-9-19-11-16(21)17(22)20-23;/h1-8,16,19,23H,9-11H2,(H,20,22);1H/t16-;/m1./s1. The van der Waals surface area contributed by atoms with Gasteiger partial charge in [-0.25, -0.2) is 13.9 Å². The Kier molecular flexibility index (Phi) is 7.64. The Balaban J connectivity index is 0.00000280. The maximum Gasteiger partial charge on any atom is 0.263 e. The summed E-state index contributed by atoms with van der Waals surface area (Å²) < 4.78 is 32.5. The predicted molar refractivity (Wildman–Crippen MR) is 106 cm³/mol. The third kappa shape index (κ3) is 4.93. The lowest BCUT2D eigenvalue weighted by molar-refractivity contribution is -0.133. The Hall–Kier alpha value is -1.88. The van der Waals surface area contributed by atoms with Crippen LogP contribution in [0.3, 0.4) is 0 Å². The third-order valence-corrected chi connectivity index (χ3v) is 6.26. The highest BCUT2D eigenvalue weighted by Gasteiger charge is 2.37. The number of piperazine rings is 1. The fourth-order valence-corrected chi connectivity index (χ4v) is 4.44. The average molecular weight is 448 g/mol. The fraction of sp³-hybridized carbons (Fsp3) is 0.235. The molecule has 11 heteroatoms. The molecular formula is C17H19Cl2N3O5S. The number of nitrogens with one attached hydrogen (secondary N) is 2. The highest BCUT2D eigenvalue weighted by atomic mass is 35.5. The molecule has 3 N–H and O–H groups in total. The van der Waals surface area contributed by atoms with Gasteiger partial charge in [-0.05, 0) is 48.5 Å². The first kappa shape index (κ1) is 22.4. The van der Waals surface area contributed by atoms with Crippen molar-refractivity contribution in [2.24, 2.45) is 0 Å². The van der Waals surface area contributed by atoms with Crippen molar-refractivity contribution in [2.75, 3.05) is 19.6 Å². The van der Waals surface area contributed by atoms with E-state index in [2.05, 4.69) is 5.32 Å². The molecule has 1 amide bonds. The number of carbonyl (C=O) groups excluding carboxylic acids is 1. The van der Waals surface area contributed by atoms with Crippen molar-refractivity contribution in [2.45, 2.75) is 10.9 Å². The molecule has 0 bridgehead atoms. The molecule has 0 spiro atoms. The summed E-state index contributed by atoms with van der Waals surface area (Å²) >= 11 is 5.83. The van der Waals surface area contributed by atoms with E-state index in [9.17, 15) is 13.2 Å². The first-order valence-electron chi connectivity index (χ1n) is 8.12. The summed E-state index contributed by atoms with van der Waals surface area (Å²) in [6.45, 7) is 0.638. The van der Waals surface area contributed by atoms with Crippen molar-refractivity contribution in [3.05, 3.63) is 53.6 Å². The van der Waals surface area contributed by atoms with Gasteiger partial charge in [0.2, 0.25) is 10.0 Å². The van der Waals surface area contributed by atoms with Gasteiger partial charge in [-0.1, -0.05) is 11.6 Å². The molecule has 2 aromatic carbocycles. The molecule has 8 nitrogen and oxygen atoms in total. The summed E-state index contributed by atoms with van der Waals surface area (Å²) in [6, 6.07) is 11.6. The molecule has 3 rings (SSSR count). The second kappa shape index (κ2) is 9.55. The molecule has 1 heterocycles. The number of rotatable bonds is 5. The second-order valence-corrected chi connectivity index (χ2v) is 8.17. The summed E-state index contributed by atoms with van der Waals surface area (Å²) in [7, 11) is -3.91. The van der Waals surface area contributed by atoms with Gasteiger partial charge in [-0.15, -0.1) is 12.4 Å². The van der Waals surface area contributed by atoms with Crippen molar-refractivity contribution < 1.29 is 23.2 Å². The number of nitrogens with zero attached hydrogens (tertiary/aromatic N) is 1. The minimum atomic E-state index is -3.91. The second-order valence-electron chi connectivity index (χ2n) is 5.84. The van der Waals surface area contributed by atoms with Gasteiger partial charge in [0.15, 0.2) is 0 Å². The number of sulfonamides is 1. The van der Waals surface area contributed by atoms with Crippen LogP contribution >= 0.6 is 24.0 Å². The third-order valence-electron chi connectivity index (χ3n) is 4.09. The van der Waals surface area contributed by atoms with Crippen LogP contribution in [0.15, 0.2) is 53.4 Å². The van der Waals surface area contributed by atoms with E-state index in [4.69, 9.17) is 21.5 Å². The molecule has 0 aliphatic carbocycles. The summed E-state index contributed by atoms with van der Waals surface area (Å²) in [5, 5.41) is 12.4. The van der Waals surface area contributed by atoms with E-state index in [0.717, 1.165) is 4.31 Å². The Morgan fingerprint density at radius 2 is 1.71 bits per heavy atom. The zero-order valence-corrected chi connectivity index (χ0v) is 16.9. The van der Waals surface area contributed by atoms with Crippen molar-refractivity contribution >= 4 is 39.9 Å². The molecule has 152 valence electrons. The molecule has 1 aliphatic heterocycles. The monoisotopic (exact) mass is 447 g/mol. The van der Waals surface area contributed by atoms with Crippen LogP contribution in [0.4, 0.5) is 0 Å². The van der Waals surface area contributed by atoms with E-state index in [1.54, 1.807) is 24.3 Å². The van der Waals surface area contributed by atoms with Gasteiger partial charge in [0, 0.05) is 24.7 Å². The molecule has 0 radical (unpaired) electrons. The van der Waals surface area contributed by atoms with Gasteiger partial charge in [0.25, 0.3) is 5.91 Å². The van der Waals surface area contributed by atoms with Gasteiger partial charge in [0.05, 0.1) is 4.90 Å². The van der Waals surface area contributed by atoms with Gasteiger partial charge < -0.3 is 10.1 Å². The van der Waals surface area contributed by atoms with Crippen molar-refractivity contribution in [3.63, 3.8) is 0 Å². The minimum Gasteiger partial charge on any atom is -0.457 e. The fourth-order valence-electron chi connectivity index (χ4n) is 2.73. The number of hydroxylamine groups is 1. The number of carbonyl (C=O) groups is 1. The molecule has 1 fully saturated rings. The van der Waals surface area contributed by atoms with Crippen LogP contribution in [-0.4, -0.2) is 49.5 Å². The van der Waals surface area contributed by atoms with Crippen molar-refractivity contribution in [3.8, 4) is 11.5 Å². The maximum absolute atomic E-state index is 12.9. The zero-order valence-electron chi connectivity index (χ0n) is 14.5. The molecule has 0 unspecified atom stereocenters. The number of hydrogen-bond acceptors (Lipinski definition) is 6. The number of ether oxygens (including phenoxy) is 1. The predicted octanol–water partition coefficient (Wildman–Crippen LogP) is 2.02. The Morgan fingerprint density at radius 1 is 1.14 bits per heavy atom. The number of benzene rings is 2. The summed E-state index contributed by atoms with van der Waals surface area (Å²) in [6.07, 6.45) is 0. The topological polar surface area (TPSA) is 108 Å². The molecule has 1 atom stereocenters. The summed E-state index contributed by atoms with van der Waals surface area (Å²) in [5.41, 5.74) is 1.51. The number of amides is 1. The minimum absolute atomic E-state index is 0. The largest absolute Gasteiger partial charge is 0.457 e. The number of halogens is 2. The normalized spacial score (nSPS) is 17.4. The molecule has 2 aromatic rings. The van der Waals surface area contributed by atoms with Crippen LogP contribution in [0.5, 0.6) is 11.5 Å². The van der Waals surface area contributed by atoms with Gasteiger partial charge in [-0.2, -0.15) is 4.31 Å². The molecule has 0 aromatic heterocycles. The van der Waals surface area contributed by atoms with Crippen LogP contribution in [0.2, 0.25) is 5.02 Å². The van der Waals surface area contributed by atoms with Gasteiger partial charge in [-0.3, -0.25) is 10.0 Å². The van der Waals surface area contributed by atoms with Gasteiger partial charge >= 0.3 is 0 Å². The Morgan fingerprint density at radius 3 is 2.29 bits per heavy atom. The van der Waals surface area contributed by atoms with Crippen LogP contribution in [0.25, 0.3) is 0 Å². The molecule has 0 saturated carbocycles. The van der Waals surface area contributed by atoms with E-state index in [0.29, 0.717) is 23.1 Å². The van der Waals surface area contributed by atoms with Crippen LogP contribution < -0.4 is 15.5 Å². The summed E-state index contributed by atoms with van der Waals surface area (Å²) in [5.74, 6) is 0.242.